The Kier molecular flexibility index (Phi) is 7.79. The summed E-state index contributed by atoms with van der Waals surface area (Å²) in [6, 6.07) is 0. The Hall–Kier alpha value is -1.17. The predicted molar refractivity (Wildman–Crippen MR) is 84.4 cm³/mol. The average molecular weight is 312 g/mol. The molecule has 126 valence electrons. The van der Waals surface area contributed by atoms with E-state index in [1.165, 1.54) is 0 Å². The van der Waals surface area contributed by atoms with Gasteiger partial charge in [0.1, 0.15) is 0 Å². The van der Waals surface area contributed by atoms with Gasteiger partial charge in [-0.3, -0.25) is 4.79 Å². The number of carboxylic acids is 1. The molecule has 4 N–H and O–H groups in total. The van der Waals surface area contributed by atoms with E-state index in [2.05, 4.69) is 6.58 Å². The van der Waals surface area contributed by atoms with Gasteiger partial charge in [-0.2, -0.15) is 0 Å². The Labute approximate surface area is 132 Å². The molecule has 1 aliphatic carbocycles. The molecule has 0 amide bonds. The summed E-state index contributed by atoms with van der Waals surface area (Å²) in [5, 5.41) is 39.6. The number of aliphatic carboxylic acids is 1. The first-order chi connectivity index (χ1) is 10.4. The Morgan fingerprint density at radius 2 is 2.05 bits per heavy atom. The summed E-state index contributed by atoms with van der Waals surface area (Å²) in [6.07, 6.45) is 7.73. The van der Waals surface area contributed by atoms with E-state index < -0.39 is 23.8 Å². The SMILES string of the molecule is C=CCCC(O)C1CCC(O)C1(O)C/C=C\CCCC(=O)O. The summed E-state index contributed by atoms with van der Waals surface area (Å²) in [7, 11) is 0. The van der Waals surface area contributed by atoms with E-state index in [9.17, 15) is 20.1 Å². The lowest BCUT2D eigenvalue weighted by atomic mass is 9.81. The van der Waals surface area contributed by atoms with Crippen LogP contribution in [-0.4, -0.2) is 44.2 Å². The van der Waals surface area contributed by atoms with Crippen LogP contribution in [0.5, 0.6) is 0 Å². The highest BCUT2D eigenvalue weighted by Gasteiger charge is 2.50. The smallest absolute Gasteiger partial charge is 0.303 e. The van der Waals surface area contributed by atoms with Gasteiger partial charge in [0.05, 0.1) is 17.8 Å². The molecule has 0 aromatic rings. The monoisotopic (exact) mass is 312 g/mol. The number of carbonyl (C=O) groups is 1. The summed E-state index contributed by atoms with van der Waals surface area (Å²) in [6.45, 7) is 3.63. The molecule has 0 radical (unpaired) electrons. The molecular formula is C17H28O5. The highest BCUT2D eigenvalue weighted by Crippen LogP contribution is 2.41. The van der Waals surface area contributed by atoms with Crippen molar-refractivity contribution in [2.24, 2.45) is 5.92 Å². The fourth-order valence-electron chi connectivity index (χ4n) is 3.15. The lowest BCUT2D eigenvalue weighted by Gasteiger charge is -2.34. The lowest BCUT2D eigenvalue weighted by Crippen LogP contribution is -2.47. The Bertz CT molecular complexity index is 393. The molecular weight excluding hydrogens is 284 g/mol. The zero-order chi connectivity index (χ0) is 16.6. The minimum absolute atomic E-state index is 0.125. The molecule has 1 saturated carbocycles. The lowest BCUT2D eigenvalue weighted by molar-refractivity contribution is -0.137. The molecule has 4 unspecified atom stereocenters. The molecule has 1 fully saturated rings. The largest absolute Gasteiger partial charge is 0.481 e. The number of allylic oxidation sites excluding steroid dienone is 2. The summed E-state index contributed by atoms with van der Waals surface area (Å²) < 4.78 is 0. The van der Waals surface area contributed by atoms with E-state index in [1.54, 1.807) is 12.2 Å². The first-order valence-electron chi connectivity index (χ1n) is 7.98. The molecule has 4 atom stereocenters. The van der Waals surface area contributed by atoms with E-state index in [0.717, 1.165) is 0 Å². The fourth-order valence-corrected chi connectivity index (χ4v) is 3.15. The van der Waals surface area contributed by atoms with Crippen LogP contribution in [0.2, 0.25) is 0 Å². The van der Waals surface area contributed by atoms with Crippen molar-refractivity contribution in [3.05, 3.63) is 24.8 Å². The number of unbranched alkanes of at least 4 members (excludes halogenated alkanes) is 1. The van der Waals surface area contributed by atoms with Gasteiger partial charge in [0.2, 0.25) is 0 Å². The van der Waals surface area contributed by atoms with Crippen LogP contribution in [0.25, 0.3) is 0 Å². The number of aliphatic hydroxyl groups excluding tert-OH is 2. The third-order valence-electron chi connectivity index (χ3n) is 4.47. The summed E-state index contributed by atoms with van der Waals surface area (Å²) >= 11 is 0. The van der Waals surface area contributed by atoms with E-state index in [-0.39, 0.29) is 18.8 Å². The molecule has 0 spiro atoms. The van der Waals surface area contributed by atoms with E-state index >= 15 is 0 Å². The second-order valence-electron chi connectivity index (χ2n) is 6.09. The number of carboxylic acid groups (broad SMARTS) is 1. The van der Waals surface area contributed by atoms with E-state index in [1.807, 2.05) is 6.08 Å². The highest BCUT2D eigenvalue weighted by molar-refractivity contribution is 5.66. The van der Waals surface area contributed by atoms with Crippen LogP contribution in [0.15, 0.2) is 24.8 Å². The average Bonchev–Trinajstić information content (AvgIpc) is 2.76. The normalized spacial score (nSPS) is 29.8. The van der Waals surface area contributed by atoms with Crippen LogP contribution < -0.4 is 0 Å². The van der Waals surface area contributed by atoms with Gasteiger partial charge in [-0.25, -0.2) is 0 Å². The molecule has 22 heavy (non-hydrogen) atoms. The van der Waals surface area contributed by atoms with Gasteiger partial charge in [-0.1, -0.05) is 18.2 Å². The van der Waals surface area contributed by atoms with E-state index in [0.29, 0.717) is 38.5 Å². The Morgan fingerprint density at radius 1 is 1.32 bits per heavy atom. The molecule has 1 aliphatic rings. The first kappa shape index (κ1) is 18.9. The third-order valence-corrected chi connectivity index (χ3v) is 4.47. The minimum atomic E-state index is -1.30. The maximum atomic E-state index is 10.8. The van der Waals surface area contributed by atoms with Gasteiger partial charge in [0.15, 0.2) is 0 Å². The number of hydrogen-bond acceptors (Lipinski definition) is 4. The van der Waals surface area contributed by atoms with Crippen molar-refractivity contribution in [3.63, 3.8) is 0 Å². The second-order valence-corrected chi connectivity index (χ2v) is 6.09. The molecule has 0 aromatic carbocycles. The molecule has 0 bridgehead atoms. The van der Waals surface area contributed by atoms with Crippen LogP contribution in [0.4, 0.5) is 0 Å². The molecule has 0 saturated heterocycles. The van der Waals surface area contributed by atoms with Gasteiger partial charge in [-0.15, -0.1) is 6.58 Å². The molecule has 0 aliphatic heterocycles. The molecule has 1 rings (SSSR count). The van der Waals surface area contributed by atoms with Crippen molar-refractivity contribution >= 4 is 5.97 Å². The van der Waals surface area contributed by atoms with Crippen LogP contribution in [0.3, 0.4) is 0 Å². The zero-order valence-corrected chi connectivity index (χ0v) is 13.0. The van der Waals surface area contributed by atoms with Crippen molar-refractivity contribution in [2.45, 2.75) is 69.2 Å². The Morgan fingerprint density at radius 3 is 2.68 bits per heavy atom. The second kappa shape index (κ2) is 9.08. The number of aliphatic hydroxyl groups is 3. The van der Waals surface area contributed by atoms with E-state index in [4.69, 9.17) is 5.11 Å². The van der Waals surface area contributed by atoms with Gasteiger partial charge in [0, 0.05) is 12.3 Å². The number of rotatable bonds is 10. The standard InChI is InChI=1S/C17H28O5/c1-2-3-8-14(18)13-10-11-15(19)17(13,22)12-7-5-4-6-9-16(20)21/h2,5,7,13-15,18-19,22H,1,3-4,6,8-12H2,(H,20,21)/b7-5-. The van der Waals surface area contributed by atoms with Gasteiger partial charge >= 0.3 is 5.97 Å². The quantitative estimate of drug-likeness (QED) is 0.365. The third kappa shape index (κ3) is 5.23. The van der Waals surface area contributed by atoms with Crippen LogP contribution in [0.1, 0.15) is 51.4 Å². The van der Waals surface area contributed by atoms with Crippen molar-refractivity contribution in [1.82, 2.24) is 0 Å². The van der Waals surface area contributed by atoms with Crippen LogP contribution in [0, 0.1) is 5.92 Å². The highest BCUT2D eigenvalue weighted by atomic mass is 16.4. The summed E-state index contributed by atoms with van der Waals surface area (Å²) in [4.78, 5) is 10.4. The Balaban J connectivity index is 2.53. The first-order valence-corrected chi connectivity index (χ1v) is 7.98. The number of hydrogen-bond donors (Lipinski definition) is 4. The molecule has 5 heteroatoms. The van der Waals surface area contributed by atoms with Crippen molar-refractivity contribution in [2.75, 3.05) is 0 Å². The van der Waals surface area contributed by atoms with Gasteiger partial charge in [-0.05, 0) is 44.9 Å². The molecule has 5 nitrogen and oxygen atoms in total. The predicted octanol–water partition coefficient (Wildman–Crippen LogP) is 2.02. The fraction of sp³-hybridized carbons (Fsp3) is 0.706. The minimum Gasteiger partial charge on any atom is -0.481 e. The van der Waals surface area contributed by atoms with Crippen molar-refractivity contribution in [3.8, 4) is 0 Å². The topological polar surface area (TPSA) is 98.0 Å². The zero-order valence-electron chi connectivity index (χ0n) is 13.0. The summed E-state index contributed by atoms with van der Waals surface area (Å²) in [5.74, 6) is -1.16. The summed E-state index contributed by atoms with van der Waals surface area (Å²) in [5.41, 5.74) is -1.30. The van der Waals surface area contributed by atoms with Crippen molar-refractivity contribution in [1.29, 1.82) is 0 Å². The van der Waals surface area contributed by atoms with Crippen LogP contribution in [-0.2, 0) is 4.79 Å². The molecule has 0 heterocycles. The molecule has 0 aromatic heterocycles. The maximum absolute atomic E-state index is 10.8. The van der Waals surface area contributed by atoms with Gasteiger partial charge < -0.3 is 20.4 Å². The maximum Gasteiger partial charge on any atom is 0.303 e. The van der Waals surface area contributed by atoms with Crippen LogP contribution >= 0.6 is 0 Å². The van der Waals surface area contributed by atoms with Gasteiger partial charge in [0.25, 0.3) is 0 Å². The van der Waals surface area contributed by atoms with Crippen molar-refractivity contribution < 1.29 is 25.2 Å².